The van der Waals surface area contributed by atoms with Crippen LogP contribution < -0.4 is 0 Å². The number of carbonyl (C=O) groups is 2. The molecule has 0 bridgehead atoms. The summed E-state index contributed by atoms with van der Waals surface area (Å²) < 4.78 is 0. The number of ketones is 1. The number of carbonyl (C=O) groups excluding carboxylic acids is 1. The minimum atomic E-state index is -0.924. The van der Waals surface area contributed by atoms with Crippen molar-refractivity contribution in [3.63, 3.8) is 0 Å². The van der Waals surface area contributed by atoms with E-state index in [-0.39, 0.29) is 12.2 Å². The van der Waals surface area contributed by atoms with Crippen LogP contribution in [0.3, 0.4) is 0 Å². The molecule has 19 heavy (non-hydrogen) atoms. The van der Waals surface area contributed by atoms with Crippen molar-refractivity contribution < 1.29 is 14.7 Å². The summed E-state index contributed by atoms with van der Waals surface area (Å²) in [5.74, 6) is -1.67. The van der Waals surface area contributed by atoms with Crippen LogP contribution in [0.4, 0.5) is 0 Å². The molecule has 1 atom stereocenters. The predicted octanol–water partition coefficient (Wildman–Crippen LogP) is 2.96. The average Bonchev–Trinajstić information content (AvgIpc) is 2.73. The van der Waals surface area contributed by atoms with E-state index in [0.717, 1.165) is 16.5 Å². The molecule has 1 aromatic heterocycles. The standard InChI is InChI=1S/C14H12ClNO3/c1-6-9(15)3-2-8-12-10(16-13(6)8)4-7(14(18)19)5-11(12)17/h2-3,7,16H,4-5H2,1H3,(H,18,19). The predicted molar refractivity (Wildman–Crippen MR) is 71.8 cm³/mol. The molecule has 0 amide bonds. The summed E-state index contributed by atoms with van der Waals surface area (Å²) in [5, 5.41) is 10.5. The van der Waals surface area contributed by atoms with Gasteiger partial charge in [-0.2, -0.15) is 0 Å². The molecule has 0 spiro atoms. The normalized spacial score (nSPS) is 18.6. The molecule has 1 unspecified atom stereocenters. The van der Waals surface area contributed by atoms with Gasteiger partial charge in [-0.1, -0.05) is 17.7 Å². The topological polar surface area (TPSA) is 70.2 Å². The Labute approximate surface area is 114 Å². The molecule has 0 fully saturated rings. The van der Waals surface area contributed by atoms with Crippen LogP contribution in [0.5, 0.6) is 0 Å². The first kappa shape index (κ1) is 12.2. The van der Waals surface area contributed by atoms with E-state index in [4.69, 9.17) is 16.7 Å². The molecular weight excluding hydrogens is 266 g/mol. The average molecular weight is 278 g/mol. The minimum Gasteiger partial charge on any atom is -0.481 e. The van der Waals surface area contributed by atoms with Crippen LogP contribution in [0.15, 0.2) is 12.1 Å². The van der Waals surface area contributed by atoms with Gasteiger partial charge in [-0.05, 0) is 18.6 Å². The second-order valence-electron chi connectivity index (χ2n) is 4.94. The van der Waals surface area contributed by atoms with Gasteiger partial charge in [0.15, 0.2) is 5.78 Å². The van der Waals surface area contributed by atoms with Crippen molar-refractivity contribution in [1.29, 1.82) is 0 Å². The van der Waals surface area contributed by atoms with Crippen molar-refractivity contribution in [2.45, 2.75) is 19.8 Å². The number of halogens is 1. The maximum Gasteiger partial charge on any atom is 0.307 e. The van der Waals surface area contributed by atoms with E-state index in [1.165, 1.54) is 0 Å². The zero-order valence-corrected chi connectivity index (χ0v) is 11.0. The number of benzene rings is 1. The third-order valence-corrected chi connectivity index (χ3v) is 4.17. The maximum absolute atomic E-state index is 12.2. The number of carboxylic acids is 1. The molecule has 98 valence electrons. The SMILES string of the molecule is Cc1c(Cl)ccc2c3c([nH]c12)CC(C(=O)O)CC3=O. The summed E-state index contributed by atoms with van der Waals surface area (Å²) in [6.07, 6.45) is 0.430. The molecule has 1 aliphatic carbocycles. The van der Waals surface area contributed by atoms with Crippen molar-refractivity contribution >= 4 is 34.3 Å². The number of nitrogens with one attached hydrogen (secondary N) is 1. The molecule has 4 nitrogen and oxygen atoms in total. The highest BCUT2D eigenvalue weighted by atomic mass is 35.5. The van der Waals surface area contributed by atoms with Crippen LogP contribution in [0.2, 0.25) is 5.02 Å². The third kappa shape index (κ3) is 1.75. The Hall–Kier alpha value is -1.81. The molecule has 3 rings (SSSR count). The summed E-state index contributed by atoms with van der Waals surface area (Å²) in [6, 6.07) is 3.59. The largest absolute Gasteiger partial charge is 0.481 e. The van der Waals surface area contributed by atoms with E-state index in [1.54, 1.807) is 6.07 Å². The van der Waals surface area contributed by atoms with Crippen LogP contribution in [0, 0.1) is 12.8 Å². The van der Waals surface area contributed by atoms with Crippen LogP contribution in [0.25, 0.3) is 10.9 Å². The zero-order chi connectivity index (χ0) is 13.7. The second-order valence-corrected chi connectivity index (χ2v) is 5.35. The number of aromatic nitrogens is 1. The highest BCUT2D eigenvalue weighted by Crippen LogP contribution is 2.34. The Bertz CT molecular complexity index is 717. The smallest absolute Gasteiger partial charge is 0.307 e. The molecule has 1 aliphatic rings. The van der Waals surface area contributed by atoms with E-state index in [1.807, 2.05) is 13.0 Å². The van der Waals surface area contributed by atoms with Gasteiger partial charge in [0.2, 0.25) is 0 Å². The first-order chi connectivity index (χ1) is 8.99. The monoisotopic (exact) mass is 277 g/mol. The van der Waals surface area contributed by atoms with Crippen LogP contribution in [0.1, 0.15) is 28.0 Å². The summed E-state index contributed by atoms with van der Waals surface area (Å²) in [4.78, 5) is 26.4. The Morgan fingerprint density at radius 2 is 2.16 bits per heavy atom. The number of aromatic amines is 1. The Balaban J connectivity index is 2.24. The number of Topliss-reactive ketones (excluding diaryl/α,β-unsaturated/α-hetero) is 1. The van der Waals surface area contributed by atoms with Gasteiger partial charge in [0, 0.05) is 34.5 Å². The number of aryl methyl sites for hydroxylation is 1. The number of aliphatic carboxylic acids is 1. The summed E-state index contributed by atoms with van der Waals surface area (Å²) in [7, 11) is 0. The van der Waals surface area contributed by atoms with Gasteiger partial charge in [0.1, 0.15) is 0 Å². The molecule has 2 N–H and O–H groups in total. The van der Waals surface area contributed by atoms with E-state index in [2.05, 4.69) is 4.98 Å². The van der Waals surface area contributed by atoms with Gasteiger partial charge >= 0.3 is 5.97 Å². The highest BCUT2D eigenvalue weighted by molar-refractivity contribution is 6.32. The number of fused-ring (bicyclic) bond motifs is 3. The molecule has 1 heterocycles. The van der Waals surface area contributed by atoms with Crippen LogP contribution in [-0.2, 0) is 11.2 Å². The Morgan fingerprint density at radius 3 is 2.84 bits per heavy atom. The molecule has 5 heteroatoms. The Morgan fingerprint density at radius 1 is 1.42 bits per heavy atom. The van der Waals surface area contributed by atoms with Gasteiger partial charge in [0.05, 0.1) is 11.4 Å². The fraction of sp³-hybridized carbons (Fsp3) is 0.286. The van der Waals surface area contributed by atoms with E-state index >= 15 is 0 Å². The molecular formula is C14H12ClNO3. The number of rotatable bonds is 1. The lowest BCUT2D eigenvalue weighted by atomic mass is 9.86. The number of hydrogen-bond acceptors (Lipinski definition) is 2. The number of carboxylic acid groups (broad SMARTS) is 1. The molecule has 0 saturated carbocycles. The fourth-order valence-electron chi connectivity index (χ4n) is 2.72. The third-order valence-electron chi connectivity index (χ3n) is 3.76. The highest BCUT2D eigenvalue weighted by Gasteiger charge is 2.32. The van der Waals surface area contributed by atoms with Gasteiger partial charge < -0.3 is 10.1 Å². The number of H-pyrrole nitrogens is 1. The van der Waals surface area contributed by atoms with Crippen molar-refractivity contribution in [2.75, 3.05) is 0 Å². The van der Waals surface area contributed by atoms with Crippen LogP contribution >= 0.6 is 11.6 Å². The minimum absolute atomic E-state index is 0.0664. The second kappa shape index (κ2) is 4.10. The summed E-state index contributed by atoms with van der Waals surface area (Å²) in [5.41, 5.74) is 3.06. The molecule has 1 aromatic carbocycles. The fourth-order valence-corrected chi connectivity index (χ4v) is 2.88. The van der Waals surface area contributed by atoms with E-state index < -0.39 is 11.9 Å². The lowest BCUT2D eigenvalue weighted by molar-refractivity contribution is -0.141. The summed E-state index contributed by atoms with van der Waals surface area (Å²) >= 11 is 6.07. The number of hydrogen-bond donors (Lipinski definition) is 2. The Kier molecular flexibility index (Phi) is 2.64. The molecule has 0 radical (unpaired) electrons. The first-order valence-corrected chi connectivity index (χ1v) is 6.42. The van der Waals surface area contributed by atoms with E-state index in [0.29, 0.717) is 22.7 Å². The van der Waals surface area contributed by atoms with Crippen molar-refractivity contribution in [1.82, 2.24) is 4.98 Å². The lowest BCUT2D eigenvalue weighted by Gasteiger charge is -2.17. The van der Waals surface area contributed by atoms with E-state index in [9.17, 15) is 9.59 Å². The quantitative estimate of drug-likeness (QED) is 0.842. The lowest BCUT2D eigenvalue weighted by Crippen LogP contribution is -2.25. The van der Waals surface area contributed by atoms with Gasteiger partial charge in [-0.15, -0.1) is 0 Å². The maximum atomic E-state index is 12.2. The molecule has 0 saturated heterocycles. The zero-order valence-electron chi connectivity index (χ0n) is 10.3. The molecule has 0 aliphatic heterocycles. The summed E-state index contributed by atoms with van der Waals surface area (Å²) in [6.45, 7) is 1.88. The first-order valence-electron chi connectivity index (χ1n) is 6.04. The van der Waals surface area contributed by atoms with Crippen LogP contribution in [-0.4, -0.2) is 21.8 Å². The van der Waals surface area contributed by atoms with Crippen molar-refractivity contribution in [3.05, 3.63) is 34.0 Å². The molecule has 2 aromatic rings. The van der Waals surface area contributed by atoms with Gasteiger partial charge in [0.25, 0.3) is 0 Å². The van der Waals surface area contributed by atoms with Gasteiger partial charge in [-0.25, -0.2) is 0 Å². The van der Waals surface area contributed by atoms with Gasteiger partial charge in [-0.3, -0.25) is 9.59 Å². The van der Waals surface area contributed by atoms with Crippen molar-refractivity contribution in [3.8, 4) is 0 Å². The van der Waals surface area contributed by atoms with Crippen molar-refractivity contribution in [2.24, 2.45) is 5.92 Å².